The molecule has 0 spiro atoms. The van der Waals surface area contributed by atoms with E-state index < -0.39 is 0 Å². The van der Waals surface area contributed by atoms with Gasteiger partial charge in [0.25, 0.3) is 5.91 Å². The lowest BCUT2D eigenvalue weighted by Crippen LogP contribution is -2.35. The number of fused-ring (bicyclic) bond motifs is 1. The van der Waals surface area contributed by atoms with Crippen molar-refractivity contribution in [1.29, 1.82) is 0 Å². The molecule has 0 aliphatic carbocycles. The topological polar surface area (TPSA) is 46.1 Å². The van der Waals surface area contributed by atoms with Crippen LogP contribution in [0.5, 0.6) is 0 Å². The molecule has 12 heavy (non-hydrogen) atoms. The molecule has 0 aromatic carbocycles. The average Bonchev–Trinajstić information content (AvgIpc) is 2.12. The van der Waals surface area contributed by atoms with Gasteiger partial charge in [0, 0.05) is 32.4 Å². The summed E-state index contributed by atoms with van der Waals surface area (Å²) in [5, 5.41) is 0. The second kappa shape index (κ2) is 2.55. The first-order chi connectivity index (χ1) is 5.79. The second-order valence-electron chi connectivity index (χ2n) is 2.83. The Bertz CT molecular complexity index is 324. The van der Waals surface area contributed by atoms with E-state index in [9.17, 15) is 4.79 Å². The Hall–Kier alpha value is -1.45. The number of carbonyl (C=O) groups is 1. The summed E-state index contributed by atoms with van der Waals surface area (Å²) in [5.74, 6) is -0.0237. The lowest BCUT2D eigenvalue weighted by atomic mass is 10.1. The Kier molecular flexibility index (Phi) is 1.53. The van der Waals surface area contributed by atoms with Crippen LogP contribution in [-0.2, 0) is 6.42 Å². The van der Waals surface area contributed by atoms with Gasteiger partial charge in [-0.25, -0.2) is 4.98 Å². The van der Waals surface area contributed by atoms with Crippen molar-refractivity contribution >= 4 is 5.91 Å². The molecule has 0 radical (unpaired) electrons. The first-order valence-electron chi connectivity index (χ1n) is 3.84. The number of likely N-dealkylation sites (N-methyl/N-ethyl adjacent to an activating group) is 1. The standard InChI is InChI=1S/C8H9N3O/c1-11-5-2-6-7(8(11)12)10-4-3-9-6/h3-4H,2,5H2,1H3. The molecule has 1 amide bonds. The molecule has 2 rings (SSSR count). The van der Waals surface area contributed by atoms with Crippen LogP contribution in [0.3, 0.4) is 0 Å². The molecule has 0 fully saturated rings. The van der Waals surface area contributed by atoms with E-state index in [4.69, 9.17) is 0 Å². The van der Waals surface area contributed by atoms with Crippen molar-refractivity contribution in [2.24, 2.45) is 0 Å². The number of aromatic nitrogens is 2. The predicted molar refractivity (Wildman–Crippen MR) is 42.7 cm³/mol. The maximum absolute atomic E-state index is 11.4. The lowest BCUT2D eigenvalue weighted by Gasteiger charge is -2.22. The maximum atomic E-state index is 11.4. The van der Waals surface area contributed by atoms with Crippen LogP contribution in [0.1, 0.15) is 16.2 Å². The van der Waals surface area contributed by atoms with Crippen LogP contribution < -0.4 is 0 Å². The van der Waals surface area contributed by atoms with E-state index in [1.165, 1.54) is 0 Å². The summed E-state index contributed by atoms with van der Waals surface area (Å²) < 4.78 is 0. The van der Waals surface area contributed by atoms with Crippen LogP contribution in [0, 0.1) is 0 Å². The van der Waals surface area contributed by atoms with E-state index in [1.54, 1.807) is 24.3 Å². The third-order valence-electron chi connectivity index (χ3n) is 2.01. The Labute approximate surface area is 70.2 Å². The van der Waals surface area contributed by atoms with Crippen molar-refractivity contribution in [3.63, 3.8) is 0 Å². The Balaban J connectivity index is 2.49. The van der Waals surface area contributed by atoms with Gasteiger partial charge in [-0.2, -0.15) is 0 Å². The number of rotatable bonds is 0. The highest BCUT2D eigenvalue weighted by Crippen LogP contribution is 2.11. The highest BCUT2D eigenvalue weighted by atomic mass is 16.2. The molecule has 2 heterocycles. The van der Waals surface area contributed by atoms with Crippen molar-refractivity contribution in [1.82, 2.24) is 14.9 Å². The largest absolute Gasteiger partial charge is 0.340 e. The van der Waals surface area contributed by atoms with E-state index in [1.807, 2.05) is 0 Å². The summed E-state index contributed by atoms with van der Waals surface area (Å²) in [6.07, 6.45) is 3.98. The fraction of sp³-hybridized carbons (Fsp3) is 0.375. The number of hydrogen-bond acceptors (Lipinski definition) is 3. The minimum atomic E-state index is -0.0237. The molecule has 0 saturated carbocycles. The van der Waals surface area contributed by atoms with E-state index in [0.29, 0.717) is 5.69 Å². The van der Waals surface area contributed by atoms with Crippen LogP contribution in [0.2, 0.25) is 0 Å². The van der Waals surface area contributed by atoms with Crippen LogP contribution in [-0.4, -0.2) is 34.4 Å². The fourth-order valence-electron chi connectivity index (χ4n) is 1.28. The quantitative estimate of drug-likeness (QED) is 0.545. The first kappa shape index (κ1) is 7.21. The molecule has 1 aliphatic rings. The second-order valence-corrected chi connectivity index (χ2v) is 2.83. The van der Waals surface area contributed by atoms with E-state index in [0.717, 1.165) is 18.7 Å². The van der Waals surface area contributed by atoms with Gasteiger partial charge >= 0.3 is 0 Å². The average molecular weight is 163 g/mol. The number of hydrogen-bond donors (Lipinski definition) is 0. The van der Waals surface area contributed by atoms with Gasteiger partial charge in [-0.3, -0.25) is 9.78 Å². The zero-order valence-corrected chi connectivity index (χ0v) is 6.82. The minimum Gasteiger partial charge on any atom is -0.340 e. The van der Waals surface area contributed by atoms with Crippen LogP contribution in [0.15, 0.2) is 12.4 Å². The predicted octanol–water partition coefficient (Wildman–Crippen LogP) is 0.105. The number of nitrogens with zero attached hydrogens (tertiary/aromatic N) is 3. The highest BCUT2D eigenvalue weighted by Gasteiger charge is 2.22. The Morgan fingerprint density at radius 2 is 2.17 bits per heavy atom. The SMILES string of the molecule is CN1CCc2nccnc2C1=O. The molecule has 4 heteroatoms. The molecular formula is C8H9N3O. The molecule has 62 valence electrons. The van der Waals surface area contributed by atoms with Crippen molar-refractivity contribution in [3.8, 4) is 0 Å². The van der Waals surface area contributed by atoms with Gasteiger partial charge in [0.2, 0.25) is 0 Å². The van der Waals surface area contributed by atoms with Crippen LogP contribution >= 0.6 is 0 Å². The minimum absolute atomic E-state index is 0.0237. The molecule has 4 nitrogen and oxygen atoms in total. The molecule has 0 N–H and O–H groups in total. The molecule has 1 aromatic rings. The van der Waals surface area contributed by atoms with Crippen LogP contribution in [0.25, 0.3) is 0 Å². The van der Waals surface area contributed by atoms with E-state index in [2.05, 4.69) is 9.97 Å². The first-order valence-corrected chi connectivity index (χ1v) is 3.84. The molecule has 1 aliphatic heterocycles. The van der Waals surface area contributed by atoms with Gasteiger partial charge in [0.1, 0.15) is 5.69 Å². The zero-order chi connectivity index (χ0) is 8.55. The zero-order valence-electron chi connectivity index (χ0n) is 6.82. The fourth-order valence-corrected chi connectivity index (χ4v) is 1.28. The van der Waals surface area contributed by atoms with Crippen molar-refractivity contribution in [2.75, 3.05) is 13.6 Å². The molecule has 0 atom stereocenters. The Morgan fingerprint density at radius 1 is 1.42 bits per heavy atom. The maximum Gasteiger partial charge on any atom is 0.274 e. The lowest BCUT2D eigenvalue weighted by molar-refractivity contribution is 0.0772. The summed E-state index contributed by atoms with van der Waals surface area (Å²) in [5.41, 5.74) is 1.33. The van der Waals surface area contributed by atoms with Gasteiger partial charge in [-0.05, 0) is 0 Å². The third-order valence-corrected chi connectivity index (χ3v) is 2.01. The van der Waals surface area contributed by atoms with Gasteiger partial charge < -0.3 is 4.90 Å². The highest BCUT2D eigenvalue weighted by molar-refractivity contribution is 5.94. The normalized spacial score (nSPS) is 16.1. The van der Waals surface area contributed by atoms with Crippen molar-refractivity contribution < 1.29 is 4.79 Å². The number of carbonyl (C=O) groups excluding carboxylic acids is 1. The molecule has 0 bridgehead atoms. The van der Waals surface area contributed by atoms with Gasteiger partial charge in [-0.15, -0.1) is 0 Å². The smallest absolute Gasteiger partial charge is 0.274 e. The molecular weight excluding hydrogens is 154 g/mol. The Morgan fingerprint density at radius 3 is 3.00 bits per heavy atom. The van der Waals surface area contributed by atoms with Crippen molar-refractivity contribution in [3.05, 3.63) is 23.8 Å². The van der Waals surface area contributed by atoms with Crippen LogP contribution in [0.4, 0.5) is 0 Å². The summed E-state index contributed by atoms with van der Waals surface area (Å²) in [7, 11) is 1.78. The molecule has 0 unspecified atom stereocenters. The number of amides is 1. The molecule has 1 aromatic heterocycles. The summed E-state index contributed by atoms with van der Waals surface area (Å²) in [6, 6.07) is 0. The van der Waals surface area contributed by atoms with Crippen molar-refractivity contribution in [2.45, 2.75) is 6.42 Å². The monoisotopic (exact) mass is 163 g/mol. The third kappa shape index (κ3) is 0.958. The van der Waals surface area contributed by atoms with Gasteiger partial charge in [0.15, 0.2) is 0 Å². The molecule has 0 saturated heterocycles. The van der Waals surface area contributed by atoms with E-state index >= 15 is 0 Å². The summed E-state index contributed by atoms with van der Waals surface area (Å²) in [4.78, 5) is 21.2. The van der Waals surface area contributed by atoms with Gasteiger partial charge in [-0.1, -0.05) is 0 Å². The van der Waals surface area contributed by atoms with E-state index in [-0.39, 0.29) is 5.91 Å². The van der Waals surface area contributed by atoms with Gasteiger partial charge in [0.05, 0.1) is 5.69 Å². The summed E-state index contributed by atoms with van der Waals surface area (Å²) >= 11 is 0. The summed E-state index contributed by atoms with van der Waals surface area (Å²) in [6.45, 7) is 0.741.